The molecule has 10 aromatic rings. The maximum Gasteiger partial charge on any atom is 0.187 e. The quantitative estimate of drug-likeness (QED) is 0.168. The molecule has 0 bridgehead atoms. The molecule has 0 atom stereocenters. The van der Waals surface area contributed by atoms with E-state index in [9.17, 15) is 0 Å². The molecule has 9 aromatic carbocycles. The second-order valence-corrected chi connectivity index (χ2v) is 15.4. The number of hydrogen-bond donors (Lipinski definition) is 0. The first-order chi connectivity index (χ1) is 29.2. The van der Waals surface area contributed by atoms with Crippen molar-refractivity contribution in [2.24, 2.45) is 0 Å². The van der Waals surface area contributed by atoms with E-state index in [2.05, 4.69) is 193 Å². The van der Waals surface area contributed by atoms with E-state index >= 15 is 0 Å². The highest BCUT2D eigenvalue weighted by Crippen LogP contribution is 2.64. The van der Waals surface area contributed by atoms with Crippen LogP contribution in [0.1, 0.15) is 22.3 Å². The standard InChI is InChI=1S/C55H32N4/c1-56-42-28-29-46-50(33-42)55(47-21-8-6-18-44(47)45-19-7-9-22-48(45)55)49-23-11-20-43(51(46)49)38-16-10-17-39(32-38)52-57-53(40-26-24-34-12-2-4-14-36(34)30-40)59-54(58-52)41-27-25-35-13-3-5-15-37(35)31-41/h2-33H. The highest BCUT2D eigenvalue weighted by molar-refractivity contribution is 6.01. The Kier molecular flexibility index (Phi) is 7.17. The van der Waals surface area contributed by atoms with Crippen molar-refractivity contribution < 1.29 is 0 Å². The smallest absolute Gasteiger partial charge is 0.187 e. The zero-order valence-corrected chi connectivity index (χ0v) is 31.8. The van der Waals surface area contributed by atoms with Crippen LogP contribution in [0, 0.1) is 6.57 Å². The number of hydrogen-bond acceptors (Lipinski definition) is 3. The lowest BCUT2D eigenvalue weighted by molar-refractivity contribution is 0.794. The molecule has 2 aliphatic carbocycles. The van der Waals surface area contributed by atoms with Crippen LogP contribution in [-0.2, 0) is 5.41 Å². The molecule has 0 aliphatic heterocycles. The van der Waals surface area contributed by atoms with Crippen LogP contribution in [0.5, 0.6) is 0 Å². The maximum atomic E-state index is 8.02. The Hall–Kier alpha value is -8.00. The predicted molar refractivity (Wildman–Crippen MR) is 239 cm³/mol. The van der Waals surface area contributed by atoms with Crippen molar-refractivity contribution in [1.29, 1.82) is 0 Å². The lowest BCUT2D eigenvalue weighted by Crippen LogP contribution is -2.25. The normalized spacial score (nSPS) is 12.9. The van der Waals surface area contributed by atoms with Crippen molar-refractivity contribution in [3.63, 3.8) is 0 Å². The summed E-state index contributed by atoms with van der Waals surface area (Å²) in [7, 11) is 0. The maximum absolute atomic E-state index is 8.02. The summed E-state index contributed by atoms with van der Waals surface area (Å²) in [6.07, 6.45) is 0. The minimum absolute atomic E-state index is 0.552. The fraction of sp³-hybridized carbons (Fsp3) is 0.0182. The minimum Gasteiger partial charge on any atom is -0.238 e. The van der Waals surface area contributed by atoms with Gasteiger partial charge in [0, 0.05) is 16.7 Å². The lowest BCUT2D eigenvalue weighted by atomic mass is 9.70. The number of nitrogens with zero attached hydrogens (tertiary/aromatic N) is 4. The van der Waals surface area contributed by atoms with Gasteiger partial charge in [-0.25, -0.2) is 19.8 Å². The Bertz CT molecular complexity index is 3280. The van der Waals surface area contributed by atoms with Gasteiger partial charge in [-0.2, -0.15) is 0 Å². The zero-order valence-electron chi connectivity index (χ0n) is 31.8. The van der Waals surface area contributed by atoms with Crippen LogP contribution < -0.4 is 0 Å². The molecular formula is C55H32N4. The molecule has 1 heterocycles. The Balaban J connectivity index is 1.06. The van der Waals surface area contributed by atoms with Gasteiger partial charge in [0.2, 0.25) is 0 Å². The van der Waals surface area contributed by atoms with E-state index in [0.29, 0.717) is 23.2 Å². The van der Waals surface area contributed by atoms with Crippen LogP contribution >= 0.6 is 0 Å². The van der Waals surface area contributed by atoms with Crippen LogP contribution in [-0.4, -0.2) is 15.0 Å². The lowest BCUT2D eigenvalue weighted by Gasteiger charge is -2.30. The molecule has 0 saturated heterocycles. The molecule has 1 spiro atoms. The Labute approximate surface area is 341 Å². The summed E-state index contributed by atoms with van der Waals surface area (Å²) >= 11 is 0. The molecule has 4 heteroatoms. The van der Waals surface area contributed by atoms with Crippen LogP contribution in [0.3, 0.4) is 0 Å². The Morgan fingerprint density at radius 1 is 0.339 bits per heavy atom. The Morgan fingerprint density at radius 2 is 0.831 bits per heavy atom. The second-order valence-electron chi connectivity index (χ2n) is 15.4. The summed E-state index contributed by atoms with van der Waals surface area (Å²) < 4.78 is 0. The average molecular weight is 749 g/mol. The SMILES string of the molecule is [C-]#[N+]c1ccc2c(c1)C1(c3ccccc3-c3ccccc31)c1cccc(-c3cccc(-c4nc(-c5ccc6ccccc6c5)nc(-c5ccc6ccccc6c5)n4)c3)c1-2. The first kappa shape index (κ1) is 33.2. The fourth-order valence-electron chi connectivity index (χ4n) is 9.73. The van der Waals surface area contributed by atoms with E-state index < -0.39 is 5.41 Å². The van der Waals surface area contributed by atoms with Crippen LogP contribution in [0.4, 0.5) is 5.69 Å². The monoisotopic (exact) mass is 748 g/mol. The number of benzene rings is 9. The first-order valence-corrected chi connectivity index (χ1v) is 19.9. The van der Waals surface area contributed by atoms with E-state index in [-0.39, 0.29) is 0 Å². The molecule has 12 rings (SSSR count). The van der Waals surface area contributed by atoms with Gasteiger partial charge in [0.1, 0.15) is 0 Å². The largest absolute Gasteiger partial charge is 0.238 e. The summed E-state index contributed by atoms with van der Waals surface area (Å²) in [5, 5.41) is 4.60. The van der Waals surface area contributed by atoms with E-state index in [1.165, 1.54) is 44.2 Å². The van der Waals surface area contributed by atoms with Gasteiger partial charge in [-0.05, 0) is 95.4 Å². The fourth-order valence-corrected chi connectivity index (χ4v) is 9.73. The van der Waals surface area contributed by atoms with Gasteiger partial charge in [0.15, 0.2) is 23.2 Å². The van der Waals surface area contributed by atoms with E-state index in [1.807, 2.05) is 6.07 Å². The summed E-state index contributed by atoms with van der Waals surface area (Å²) in [4.78, 5) is 19.4. The van der Waals surface area contributed by atoms with Gasteiger partial charge in [0.05, 0.1) is 12.0 Å². The van der Waals surface area contributed by atoms with Crippen molar-refractivity contribution >= 4 is 27.2 Å². The predicted octanol–water partition coefficient (Wildman–Crippen LogP) is 13.7. The zero-order chi connectivity index (χ0) is 39.1. The Morgan fingerprint density at radius 3 is 1.44 bits per heavy atom. The molecule has 0 unspecified atom stereocenters. The second kappa shape index (κ2) is 12.8. The van der Waals surface area contributed by atoms with Crippen molar-refractivity contribution in [2.45, 2.75) is 5.41 Å². The van der Waals surface area contributed by atoms with E-state index in [0.717, 1.165) is 49.7 Å². The third-order valence-electron chi connectivity index (χ3n) is 12.3. The number of fused-ring (bicyclic) bond motifs is 12. The van der Waals surface area contributed by atoms with Crippen molar-refractivity contribution in [3.8, 4) is 67.5 Å². The molecule has 1 aromatic heterocycles. The first-order valence-electron chi connectivity index (χ1n) is 19.9. The van der Waals surface area contributed by atoms with Crippen molar-refractivity contribution in [2.75, 3.05) is 0 Å². The van der Waals surface area contributed by atoms with Crippen molar-refractivity contribution in [1.82, 2.24) is 15.0 Å². The number of rotatable bonds is 4. The van der Waals surface area contributed by atoms with Gasteiger partial charge in [0.25, 0.3) is 0 Å². The number of aromatic nitrogens is 3. The summed E-state index contributed by atoms with van der Waals surface area (Å²) in [6, 6.07) is 68.6. The third-order valence-corrected chi connectivity index (χ3v) is 12.3. The van der Waals surface area contributed by atoms with Gasteiger partial charge >= 0.3 is 0 Å². The van der Waals surface area contributed by atoms with Gasteiger partial charge in [-0.3, -0.25) is 0 Å². The molecular weight excluding hydrogens is 717 g/mol. The molecule has 0 radical (unpaired) electrons. The molecule has 4 nitrogen and oxygen atoms in total. The molecule has 272 valence electrons. The highest BCUT2D eigenvalue weighted by atomic mass is 15.0. The van der Waals surface area contributed by atoms with Gasteiger partial charge < -0.3 is 0 Å². The molecule has 59 heavy (non-hydrogen) atoms. The van der Waals surface area contributed by atoms with Crippen LogP contribution in [0.25, 0.3) is 93.9 Å². The molecule has 2 aliphatic rings. The minimum atomic E-state index is -0.552. The van der Waals surface area contributed by atoms with Gasteiger partial charge in [-0.15, -0.1) is 0 Å². The molecule has 0 fully saturated rings. The summed E-state index contributed by atoms with van der Waals surface area (Å²) in [6.45, 7) is 8.02. The molecule has 0 N–H and O–H groups in total. The average Bonchev–Trinajstić information content (AvgIpc) is 3.78. The topological polar surface area (TPSA) is 43.0 Å². The van der Waals surface area contributed by atoms with Crippen LogP contribution in [0.2, 0.25) is 0 Å². The van der Waals surface area contributed by atoms with Crippen molar-refractivity contribution in [3.05, 3.63) is 228 Å². The van der Waals surface area contributed by atoms with Gasteiger partial charge in [-0.1, -0.05) is 176 Å². The summed E-state index contributed by atoms with van der Waals surface area (Å²) in [5.74, 6) is 1.86. The molecule has 0 amide bonds. The highest BCUT2D eigenvalue weighted by Gasteiger charge is 2.52. The summed E-state index contributed by atoms with van der Waals surface area (Å²) in [5.41, 5.74) is 14.7. The van der Waals surface area contributed by atoms with Crippen LogP contribution in [0.15, 0.2) is 194 Å². The van der Waals surface area contributed by atoms with E-state index in [4.69, 9.17) is 21.5 Å². The third kappa shape index (κ3) is 4.92. The molecule has 0 saturated carbocycles. The van der Waals surface area contributed by atoms with E-state index in [1.54, 1.807) is 0 Å².